The van der Waals surface area contributed by atoms with Crippen molar-refractivity contribution in [1.82, 2.24) is 0 Å². The largest absolute Gasteiger partial charge is 0.334 e. The van der Waals surface area contributed by atoms with Gasteiger partial charge in [0.05, 0.1) is 16.5 Å². The van der Waals surface area contributed by atoms with E-state index in [9.17, 15) is 0 Å². The molecule has 0 radical (unpaired) electrons. The van der Waals surface area contributed by atoms with E-state index in [0.29, 0.717) is 11.8 Å². The van der Waals surface area contributed by atoms with Crippen LogP contribution >= 0.6 is 0 Å². The summed E-state index contributed by atoms with van der Waals surface area (Å²) in [6.45, 7) is 15.2. The fourth-order valence-corrected chi connectivity index (χ4v) is 15.5. The maximum Gasteiger partial charge on any atom is 0.0713 e. The molecule has 3 aliphatic carbocycles. The van der Waals surface area contributed by atoms with E-state index >= 15 is 0 Å². The van der Waals surface area contributed by atoms with Gasteiger partial charge < -0.3 is 9.80 Å². The van der Waals surface area contributed by atoms with E-state index in [1.165, 1.54) is 128 Å². The van der Waals surface area contributed by atoms with Gasteiger partial charge in [0.25, 0.3) is 0 Å². The third-order valence-electron chi connectivity index (χ3n) is 19.6. The highest BCUT2D eigenvalue weighted by molar-refractivity contribution is 5.92. The minimum atomic E-state index is -0.479. The molecule has 0 aromatic heterocycles. The second-order valence-electron chi connectivity index (χ2n) is 22.4. The van der Waals surface area contributed by atoms with Crippen LogP contribution in [-0.4, -0.2) is 11.1 Å². The summed E-state index contributed by atoms with van der Waals surface area (Å²) in [5.41, 5.74) is 20.8. The number of fused-ring (bicyclic) bond motifs is 9. The van der Waals surface area contributed by atoms with Gasteiger partial charge in [-0.05, 0) is 179 Å². The standard InChI is InChI=1S/C67H64N2/c1-45-21-19-39-63(3)59-43-49(33-37-61(59)68(65(45,63)5)53-27-15-9-16-28-53)47-31-35-57-55(41-47)56-42-48(32-36-58(56)67(57,51-23-11-7-12-24-51)52-25-13-8-14-26-52)50-34-38-62-60(44-50)64(4)40-20-22-46(2)66(64,6)69(62)54-29-17-10-18-30-54/h7-18,23-38,41-46H,19-22,39-40H2,1-6H3. The average Bonchev–Trinajstić information content (AvgIpc) is 3.89. The monoisotopic (exact) mass is 897 g/mol. The molecule has 2 saturated carbocycles. The molecule has 2 aliphatic heterocycles. The topological polar surface area (TPSA) is 6.48 Å². The van der Waals surface area contributed by atoms with Crippen LogP contribution in [0.15, 0.2) is 194 Å². The Morgan fingerprint density at radius 3 is 1.12 bits per heavy atom. The number of benzene rings is 8. The highest BCUT2D eigenvalue weighted by Gasteiger charge is 2.62. The Balaban J connectivity index is 0.999. The van der Waals surface area contributed by atoms with Crippen molar-refractivity contribution < 1.29 is 0 Å². The molecule has 8 aromatic rings. The Morgan fingerprint density at radius 1 is 0.377 bits per heavy atom. The zero-order valence-electron chi connectivity index (χ0n) is 41.3. The van der Waals surface area contributed by atoms with E-state index in [-0.39, 0.29) is 21.9 Å². The fourth-order valence-electron chi connectivity index (χ4n) is 15.5. The molecule has 13 rings (SSSR count). The van der Waals surface area contributed by atoms with Crippen molar-refractivity contribution in [1.29, 1.82) is 0 Å². The lowest BCUT2D eigenvalue weighted by molar-refractivity contribution is 0.130. The minimum Gasteiger partial charge on any atom is -0.334 e. The molecule has 342 valence electrons. The molecule has 2 fully saturated rings. The van der Waals surface area contributed by atoms with Gasteiger partial charge in [0.1, 0.15) is 0 Å². The molecule has 2 heterocycles. The first-order chi connectivity index (χ1) is 33.5. The molecule has 0 bridgehead atoms. The smallest absolute Gasteiger partial charge is 0.0713 e. The van der Waals surface area contributed by atoms with E-state index in [1.54, 1.807) is 0 Å². The van der Waals surface area contributed by atoms with Gasteiger partial charge in [-0.15, -0.1) is 0 Å². The van der Waals surface area contributed by atoms with Gasteiger partial charge in [0.2, 0.25) is 0 Å². The first-order valence-corrected chi connectivity index (χ1v) is 25.9. The van der Waals surface area contributed by atoms with Crippen LogP contribution in [0.25, 0.3) is 33.4 Å². The van der Waals surface area contributed by atoms with Crippen molar-refractivity contribution in [3.8, 4) is 33.4 Å². The molecule has 2 heteroatoms. The molecule has 5 aliphatic rings. The molecular formula is C67H64N2. The number of rotatable bonds is 6. The number of para-hydroxylation sites is 2. The van der Waals surface area contributed by atoms with Crippen molar-refractivity contribution in [2.75, 3.05) is 9.80 Å². The van der Waals surface area contributed by atoms with E-state index < -0.39 is 5.41 Å². The molecule has 2 nitrogen and oxygen atoms in total. The number of hydrogen-bond donors (Lipinski definition) is 0. The average molecular weight is 897 g/mol. The lowest BCUT2D eigenvalue weighted by Gasteiger charge is -2.54. The first-order valence-electron chi connectivity index (χ1n) is 25.9. The lowest BCUT2D eigenvalue weighted by atomic mass is 9.57. The Labute approximate surface area is 410 Å². The molecule has 6 unspecified atom stereocenters. The van der Waals surface area contributed by atoms with Crippen LogP contribution in [0.5, 0.6) is 0 Å². The molecular weight excluding hydrogens is 833 g/mol. The molecule has 0 spiro atoms. The van der Waals surface area contributed by atoms with Crippen LogP contribution in [0, 0.1) is 11.8 Å². The second kappa shape index (κ2) is 15.2. The van der Waals surface area contributed by atoms with Crippen LogP contribution in [0.2, 0.25) is 0 Å². The molecule has 0 amide bonds. The van der Waals surface area contributed by atoms with Crippen LogP contribution in [0.3, 0.4) is 0 Å². The zero-order valence-corrected chi connectivity index (χ0v) is 41.3. The van der Waals surface area contributed by atoms with Crippen molar-refractivity contribution in [3.05, 3.63) is 228 Å². The van der Waals surface area contributed by atoms with E-state index in [4.69, 9.17) is 0 Å². The van der Waals surface area contributed by atoms with Gasteiger partial charge >= 0.3 is 0 Å². The van der Waals surface area contributed by atoms with E-state index in [2.05, 4.69) is 245 Å². The van der Waals surface area contributed by atoms with Gasteiger partial charge in [0.15, 0.2) is 0 Å². The summed E-state index contributed by atoms with van der Waals surface area (Å²) in [6, 6.07) is 74.6. The van der Waals surface area contributed by atoms with Crippen molar-refractivity contribution in [2.45, 2.75) is 107 Å². The highest BCUT2D eigenvalue weighted by atomic mass is 15.3. The van der Waals surface area contributed by atoms with Crippen LogP contribution in [0.4, 0.5) is 22.7 Å². The second-order valence-corrected chi connectivity index (χ2v) is 22.4. The Hall–Kier alpha value is -6.64. The number of nitrogens with zero attached hydrogens (tertiary/aromatic N) is 2. The number of hydrogen-bond acceptors (Lipinski definition) is 2. The highest BCUT2D eigenvalue weighted by Crippen LogP contribution is 2.65. The summed E-state index contributed by atoms with van der Waals surface area (Å²) in [4.78, 5) is 5.41. The third-order valence-corrected chi connectivity index (χ3v) is 19.6. The van der Waals surface area contributed by atoms with Gasteiger partial charge in [-0.3, -0.25) is 0 Å². The fraction of sp³-hybridized carbons (Fsp3) is 0.284. The van der Waals surface area contributed by atoms with Crippen molar-refractivity contribution >= 4 is 22.7 Å². The molecule has 0 N–H and O–H groups in total. The van der Waals surface area contributed by atoms with Crippen LogP contribution < -0.4 is 9.80 Å². The van der Waals surface area contributed by atoms with Gasteiger partial charge in [-0.1, -0.05) is 174 Å². The SMILES string of the molecule is CC1CCCC2(C)c3cc(-c4ccc5c(c4)-c4cc(-c6ccc7c(c6)C6(C)CCCC(C)C6(C)N7c6ccccc6)ccc4C5(c4ccccc4)c4ccccc4)ccc3N(c3ccccc3)C12C. The summed E-state index contributed by atoms with van der Waals surface area (Å²) in [5, 5.41) is 0. The molecule has 69 heavy (non-hydrogen) atoms. The molecule has 6 atom stereocenters. The van der Waals surface area contributed by atoms with Gasteiger partial charge in [0, 0.05) is 33.6 Å². The van der Waals surface area contributed by atoms with Crippen molar-refractivity contribution in [2.24, 2.45) is 11.8 Å². The Morgan fingerprint density at radius 2 is 0.725 bits per heavy atom. The van der Waals surface area contributed by atoms with Crippen molar-refractivity contribution in [3.63, 3.8) is 0 Å². The zero-order chi connectivity index (χ0) is 46.9. The van der Waals surface area contributed by atoms with Gasteiger partial charge in [-0.25, -0.2) is 0 Å². The maximum absolute atomic E-state index is 2.71. The van der Waals surface area contributed by atoms with E-state index in [1.807, 2.05) is 0 Å². The van der Waals surface area contributed by atoms with Crippen LogP contribution in [-0.2, 0) is 16.2 Å². The van der Waals surface area contributed by atoms with Crippen LogP contribution in [0.1, 0.15) is 113 Å². The molecule has 8 aromatic carbocycles. The summed E-state index contributed by atoms with van der Waals surface area (Å²) < 4.78 is 0. The lowest BCUT2D eigenvalue weighted by Crippen LogP contribution is -2.59. The first kappa shape index (κ1) is 42.5. The predicted octanol–water partition coefficient (Wildman–Crippen LogP) is 17.4. The third kappa shape index (κ3) is 5.55. The van der Waals surface area contributed by atoms with E-state index in [0.717, 1.165) is 0 Å². The maximum atomic E-state index is 2.71. The minimum absolute atomic E-state index is 0.0119. The summed E-state index contributed by atoms with van der Waals surface area (Å²) >= 11 is 0. The summed E-state index contributed by atoms with van der Waals surface area (Å²) in [6.07, 6.45) is 7.40. The Kier molecular flexibility index (Phi) is 9.34. The molecule has 0 saturated heterocycles. The summed E-state index contributed by atoms with van der Waals surface area (Å²) in [7, 11) is 0. The quantitative estimate of drug-likeness (QED) is 0.164. The predicted molar refractivity (Wildman–Crippen MR) is 289 cm³/mol. The summed E-state index contributed by atoms with van der Waals surface area (Å²) in [5.74, 6) is 1.10. The van der Waals surface area contributed by atoms with Gasteiger partial charge in [-0.2, -0.15) is 0 Å². The Bertz CT molecular complexity index is 3060. The number of anilines is 4. The normalized spacial score (nSPS) is 26.9.